The lowest BCUT2D eigenvalue weighted by molar-refractivity contribution is 0.992. The summed E-state index contributed by atoms with van der Waals surface area (Å²) in [5.41, 5.74) is 17.3. The molecule has 12 aromatic rings. The molecule has 0 atom stereocenters. The van der Waals surface area contributed by atoms with Gasteiger partial charge in [-0.05, 0) is 123 Å². The van der Waals surface area contributed by atoms with Gasteiger partial charge in [0.1, 0.15) is 11.6 Å². The Morgan fingerprint density at radius 2 is 0.592 bits per heavy atom. The maximum absolute atomic E-state index is 4.55. The number of aromatic nitrogens is 9. The summed E-state index contributed by atoms with van der Waals surface area (Å²) < 4.78 is 0. The van der Waals surface area contributed by atoms with Gasteiger partial charge in [-0.15, -0.1) is 0 Å². The van der Waals surface area contributed by atoms with E-state index < -0.39 is 0 Å². The van der Waals surface area contributed by atoms with Crippen LogP contribution in [0, 0.1) is 27.7 Å². The minimum absolute atomic E-state index is 0.715. The van der Waals surface area contributed by atoms with Crippen LogP contribution in [-0.2, 0) is 0 Å². The molecular formula is C67H55N9. The zero-order valence-electron chi connectivity index (χ0n) is 42.9. The molecule has 9 heteroatoms. The highest BCUT2D eigenvalue weighted by atomic mass is 15.0. The van der Waals surface area contributed by atoms with Crippen LogP contribution in [0.4, 0.5) is 0 Å². The van der Waals surface area contributed by atoms with E-state index in [-0.39, 0.29) is 0 Å². The summed E-state index contributed by atoms with van der Waals surface area (Å²) in [6.07, 6.45) is 9.13. The first-order chi connectivity index (χ1) is 37.3. The van der Waals surface area contributed by atoms with Crippen molar-refractivity contribution in [1.29, 1.82) is 0 Å². The van der Waals surface area contributed by atoms with Gasteiger partial charge in [0.2, 0.25) is 0 Å². The second-order valence-electron chi connectivity index (χ2n) is 17.7. The molecule has 0 fully saturated rings. The molecule has 76 heavy (non-hydrogen) atoms. The van der Waals surface area contributed by atoms with Gasteiger partial charge in [-0.3, -0.25) is 19.9 Å². The molecule has 0 spiro atoms. The van der Waals surface area contributed by atoms with Crippen molar-refractivity contribution in [2.75, 3.05) is 0 Å². The van der Waals surface area contributed by atoms with Crippen molar-refractivity contribution in [3.8, 4) is 90.2 Å². The van der Waals surface area contributed by atoms with E-state index in [1.807, 2.05) is 202 Å². The zero-order chi connectivity index (χ0) is 52.3. The van der Waals surface area contributed by atoms with Crippen LogP contribution in [0.15, 0.2) is 262 Å². The Morgan fingerprint density at radius 1 is 0.237 bits per heavy atom. The summed E-state index contributed by atoms with van der Waals surface area (Å²) in [6, 6.07) is 77.2. The molecule has 0 radical (unpaired) electrons. The minimum atomic E-state index is 0.715. The molecule has 6 heterocycles. The molecule has 12 rings (SSSR count). The molecule has 0 saturated heterocycles. The van der Waals surface area contributed by atoms with Crippen LogP contribution in [0.1, 0.15) is 22.8 Å². The number of pyridine rings is 4. The predicted octanol–water partition coefficient (Wildman–Crippen LogP) is 15.9. The number of aryl methyl sites for hydroxylation is 4. The first-order valence-corrected chi connectivity index (χ1v) is 25.0. The Bertz CT molecular complexity index is 2970. The molecule has 0 aliphatic rings. The van der Waals surface area contributed by atoms with Crippen molar-refractivity contribution < 1.29 is 0 Å². The topological polar surface area (TPSA) is 116 Å². The van der Waals surface area contributed by atoms with Gasteiger partial charge in [-0.1, -0.05) is 152 Å². The Labute approximate surface area is 445 Å². The predicted molar refractivity (Wildman–Crippen MR) is 308 cm³/mol. The molecule has 0 bridgehead atoms. The van der Waals surface area contributed by atoms with Gasteiger partial charge in [0, 0.05) is 75.5 Å². The second-order valence-corrected chi connectivity index (χ2v) is 17.7. The van der Waals surface area contributed by atoms with Crippen molar-refractivity contribution in [1.82, 2.24) is 44.9 Å². The standard InChI is InChI=1S/3C17H14N2.C16H13N3/c1-13-10-14(16-6-2-4-8-18-16)12-15(11-13)17-7-3-5-9-19-17;1-13-18-16(14-8-4-2-5-9-14)12-17(19-13)15-10-6-3-7-11-15;1-13-9-15(14-5-4-7-18-12-14)11-16(10-13)17-6-2-3-8-19-17;1-12-17-15(13-8-4-2-5-9-13)19-16(18-12)14-10-6-3-7-11-14/h3*2-12H,1H3;2-11H,1H3. The van der Waals surface area contributed by atoms with Crippen molar-refractivity contribution >= 4 is 0 Å². The van der Waals surface area contributed by atoms with Crippen LogP contribution in [-0.4, -0.2) is 44.9 Å². The summed E-state index contributed by atoms with van der Waals surface area (Å²) in [5.74, 6) is 2.95. The Balaban J connectivity index is 0.000000124. The Kier molecular flexibility index (Phi) is 17.2. The monoisotopic (exact) mass is 985 g/mol. The van der Waals surface area contributed by atoms with Crippen LogP contribution in [0.5, 0.6) is 0 Å². The average molecular weight is 986 g/mol. The number of hydrogen-bond donors (Lipinski definition) is 0. The van der Waals surface area contributed by atoms with Crippen LogP contribution in [0.3, 0.4) is 0 Å². The molecule has 0 amide bonds. The molecular weight excluding hydrogens is 931 g/mol. The van der Waals surface area contributed by atoms with E-state index in [2.05, 4.69) is 125 Å². The number of nitrogens with zero attached hydrogens (tertiary/aromatic N) is 9. The molecule has 368 valence electrons. The molecule has 0 aliphatic carbocycles. The van der Waals surface area contributed by atoms with Crippen molar-refractivity contribution in [2.45, 2.75) is 27.7 Å². The average Bonchev–Trinajstić information content (AvgIpc) is 3.49. The lowest BCUT2D eigenvalue weighted by atomic mass is 10.00. The molecule has 0 unspecified atom stereocenters. The number of benzene rings is 6. The molecule has 6 aromatic heterocycles. The third kappa shape index (κ3) is 14.2. The molecule has 0 saturated carbocycles. The first-order valence-electron chi connectivity index (χ1n) is 25.0. The highest BCUT2D eigenvalue weighted by Crippen LogP contribution is 2.29. The quantitative estimate of drug-likeness (QED) is 0.147. The minimum Gasteiger partial charge on any atom is -0.264 e. The molecule has 0 aliphatic heterocycles. The van der Waals surface area contributed by atoms with E-state index >= 15 is 0 Å². The van der Waals surface area contributed by atoms with Crippen molar-refractivity contribution in [2.24, 2.45) is 0 Å². The normalized spacial score (nSPS) is 10.4. The van der Waals surface area contributed by atoms with E-state index in [4.69, 9.17) is 0 Å². The Hall–Kier alpha value is -9.99. The van der Waals surface area contributed by atoms with Crippen molar-refractivity contribution in [3.63, 3.8) is 0 Å². The fourth-order valence-electron chi connectivity index (χ4n) is 8.31. The number of hydrogen-bond acceptors (Lipinski definition) is 9. The van der Waals surface area contributed by atoms with E-state index in [1.165, 1.54) is 16.7 Å². The Morgan fingerprint density at radius 3 is 0.974 bits per heavy atom. The summed E-state index contributed by atoms with van der Waals surface area (Å²) >= 11 is 0. The van der Waals surface area contributed by atoms with Gasteiger partial charge in [0.05, 0.1) is 28.5 Å². The summed E-state index contributed by atoms with van der Waals surface area (Å²) in [7, 11) is 0. The number of rotatable bonds is 8. The maximum Gasteiger partial charge on any atom is 0.163 e. The van der Waals surface area contributed by atoms with Gasteiger partial charge in [-0.2, -0.15) is 0 Å². The highest BCUT2D eigenvalue weighted by Gasteiger charge is 2.10. The van der Waals surface area contributed by atoms with E-state index in [0.717, 1.165) is 84.6 Å². The second kappa shape index (κ2) is 25.6. The largest absolute Gasteiger partial charge is 0.264 e. The van der Waals surface area contributed by atoms with Gasteiger partial charge in [0.15, 0.2) is 11.6 Å². The fraction of sp³-hybridized carbons (Fsp3) is 0.0597. The first kappa shape index (κ1) is 50.9. The van der Waals surface area contributed by atoms with Gasteiger partial charge in [-0.25, -0.2) is 24.9 Å². The maximum atomic E-state index is 4.55. The molecule has 6 aromatic carbocycles. The highest BCUT2D eigenvalue weighted by molar-refractivity contribution is 5.73. The van der Waals surface area contributed by atoms with Crippen LogP contribution in [0.25, 0.3) is 90.2 Å². The smallest absolute Gasteiger partial charge is 0.163 e. The van der Waals surface area contributed by atoms with E-state index in [9.17, 15) is 0 Å². The van der Waals surface area contributed by atoms with E-state index in [0.29, 0.717) is 11.6 Å². The fourth-order valence-corrected chi connectivity index (χ4v) is 8.31. The third-order valence-electron chi connectivity index (χ3n) is 11.8. The van der Waals surface area contributed by atoms with Crippen LogP contribution >= 0.6 is 0 Å². The van der Waals surface area contributed by atoms with Crippen LogP contribution in [0.2, 0.25) is 0 Å². The molecule has 0 N–H and O–H groups in total. The van der Waals surface area contributed by atoms with Gasteiger partial charge < -0.3 is 0 Å². The SMILES string of the molecule is Cc1cc(-c2ccccn2)cc(-c2ccccn2)c1.Cc1cc(-c2cccnc2)cc(-c2ccccn2)c1.Cc1nc(-c2ccccc2)cc(-c2ccccc2)n1.Cc1nc(-c2ccccc2)nc(-c2ccccc2)n1. The summed E-state index contributed by atoms with van der Waals surface area (Å²) in [4.78, 5) is 39.8. The summed E-state index contributed by atoms with van der Waals surface area (Å²) in [6.45, 7) is 8.02. The third-order valence-corrected chi connectivity index (χ3v) is 11.8. The van der Waals surface area contributed by atoms with Crippen molar-refractivity contribution in [3.05, 3.63) is 284 Å². The van der Waals surface area contributed by atoms with Gasteiger partial charge in [0.25, 0.3) is 0 Å². The van der Waals surface area contributed by atoms with Gasteiger partial charge >= 0.3 is 0 Å². The van der Waals surface area contributed by atoms with Crippen LogP contribution < -0.4 is 0 Å². The lowest BCUT2D eigenvalue weighted by Gasteiger charge is -2.07. The molecule has 9 nitrogen and oxygen atoms in total. The zero-order valence-corrected chi connectivity index (χ0v) is 42.9. The van der Waals surface area contributed by atoms with E-state index in [1.54, 1.807) is 6.20 Å². The lowest BCUT2D eigenvalue weighted by Crippen LogP contribution is -1.99. The summed E-state index contributed by atoms with van der Waals surface area (Å²) in [5, 5.41) is 0.